The van der Waals surface area contributed by atoms with Crippen LogP contribution >= 0.6 is 0 Å². The molecule has 2 aromatic carbocycles. The Bertz CT molecular complexity index is 733. The third kappa shape index (κ3) is 2.78. The average molecular weight is 298 g/mol. The molecule has 4 nitrogen and oxygen atoms in total. The number of nitrogens with two attached hydrogens (primary N) is 1. The topological polar surface area (TPSA) is 72.2 Å². The molecule has 20 heavy (non-hydrogen) atoms. The lowest BCUT2D eigenvalue weighted by atomic mass is 10.2. The molecule has 0 aliphatic carbocycles. The molecule has 3 N–H and O–H groups in total. The summed E-state index contributed by atoms with van der Waals surface area (Å²) in [4.78, 5) is -0.507. The van der Waals surface area contributed by atoms with E-state index < -0.39 is 26.6 Å². The van der Waals surface area contributed by atoms with Crippen molar-refractivity contribution in [3.05, 3.63) is 59.7 Å². The first kappa shape index (κ1) is 14.4. The van der Waals surface area contributed by atoms with Crippen LogP contribution < -0.4 is 10.5 Å². The van der Waals surface area contributed by atoms with E-state index in [9.17, 15) is 17.2 Å². The highest BCUT2D eigenvalue weighted by molar-refractivity contribution is 7.92. The van der Waals surface area contributed by atoms with Gasteiger partial charge in [0.15, 0.2) is 0 Å². The van der Waals surface area contributed by atoms with Crippen molar-refractivity contribution in [2.24, 2.45) is 5.73 Å². The van der Waals surface area contributed by atoms with Crippen molar-refractivity contribution in [2.75, 3.05) is 4.72 Å². The van der Waals surface area contributed by atoms with Crippen molar-refractivity contribution >= 4 is 15.7 Å². The highest BCUT2D eigenvalue weighted by atomic mass is 32.2. The molecule has 2 rings (SSSR count). The van der Waals surface area contributed by atoms with Gasteiger partial charge in [-0.1, -0.05) is 18.2 Å². The van der Waals surface area contributed by atoms with Crippen LogP contribution in [0, 0.1) is 11.6 Å². The number of nitrogens with one attached hydrogen (secondary N) is 1. The Morgan fingerprint density at radius 1 is 1.00 bits per heavy atom. The Morgan fingerprint density at radius 3 is 2.30 bits per heavy atom. The van der Waals surface area contributed by atoms with Gasteiger partial charge in [0.25, 0.3) is 10.0 Å². The van der Waals surface area contributed by atoms with Gasteiger partial charge < -0.3 is 5.73 Å². The maximum absolute atomic E-state index is 13.5. The van der Waals surface area contributed by atoms with E-state index in [0.29, 0.717) is 0 Å². The number of rotatable bonds is 4. The summed E-state index contributed by atoms with van der Waals surface area (Å²) in [6.07, 6.45) is 0. The first-order chi connectivity index (χ1) is 9.45. The minimum absolute atomic E-state index is 0.00393. The number of benzene rings is 2. The van der Waals surface area contributed by atoms with Crippen molar-refractivity contribution in [2.45, 2.75) is 11.4 Å². The fourth-order valence-corrected chi connectivity index (χ4v) is 2.90. The Labute approximate surface area is 115 Å². The third-order valence-electron chi connectivity index (χ3n) is 2.69. The van der Waals surface area contributed by atoms with Crippen LogP contribution in [0.3, 0.4) is 0 Å². The van der Waals surface area contributed by atoms with E-state index in [1.807, 2.05) is 0 Å². The molecular weight excluding hydrogens is 286 g/mol. The van der Waals surface area contributed by atoms with E-state index in [2.05, 4.69) is 4.72 Å². The van der Waals surface area contributed by atoms with Crippen LogP contribution in [-0.2, 0) is 16.6 Å². The summed E-state index contributed by atoms with van der Waals surface area (Å²) in [7, 11) is -4.14. The van der Waals surface area contributed by atoms with Crippen molar-refractivity contribution in [3.8, 4) is 0 Å². The largest absolute Gasteiger partial charge is 0.326 e. The van der Waals surface area contributed by atoms with E-state index in [-0.39, 0.29) is 17.8 Å². The molecule has 0 heterocycles. The van der Waals surface area contributed by atoms with Gasteiger partial charge in [0.05, 0.1) is 5.69 Å². The molecule has 0 radical (unpaired) electrons. The summed E-state index contributed by atoms with van der Waals surface area (Å²) in [5.41, 5.74) is 5.41. The van der Waals surface area contributed by atoms with E-state index in [1.165, 1.54) is 30.3 Å². The molecule has 0 amide bonds. The Hall–Kier alpha value is -1.99. The second-order valence-electron chi connectivity index (χ2n) is 4.01. The van der Waals surface area contributed by atoms with E-state index in [4.69, 9.17) is 5.73 Å². The molecule has 0 aromatic heterocycles. The van der Waals surface area contributed by atoms with Gasteiger partial charge in [-0.2, -0.15) is 0 Å². The van der Waals surface area contributed by atoms with Crippen LogP contribution in [0.2, 0.25) is 0 Å². The zero-order valence-electron chi connectivity index (χ0n) is 10.3. The smallest absolute Gasteiger partial charge is 0.264 e. The molecule has 0 saturated heterocycles. The molecule has 7 heteroatoms. The third-order valence-corrected chi connectivity index (χ3v) is 4.09. The molecule has 0 bridgehead atoms. The highest BCUT2D eigenvalue weighted by Gasteiger charge is 2.20. The quantitative estimate of drug-likeness (QED) is 0.909. The van der Waals surface area contributed by atoms with Gasteiger partial charge in [0.1, 0.15) is 16.5 Å². The van der Waals surface area contributed by atoms with Crippen molar-refractivity contribution in [3.63, 3.8) is 0 Å². The lowest BCUT2D eigenvalue weighted by Gasteiger charge is -2.12. The normalized spacial score (nSPS) is 11.3. The second-order valence-corrected chi connectivity index (χ2v) is 5.66. The molecule has 0 saturated carbocycles. The van der Waals surface area contributed by atoms with E-state index in [1.54, 1.807) is 0 Å². The molecule has 0 atom stereocenters. The minimum atomic E-state index is -4.14. The fraction of sp³-hybridized carbons (Fsp3) is 0.0769. The lowest BCUT2D eigenvalue weighted by Crippen LogP contribution is -2.17. The van der Waals surface area contributed by atoms with Crippen LogP contribution in [0.5, 0.6) is 0 Å². The van der Waals surface area contributed by atoms with Crippen LogP contribution in [0.15, 0.2) is 47.4 Å². The maximum atomic E-state index is 13.5. The summed E-state index contributed by atoms with van der Waals surface area (Å²) in [5.74, 6) is -1.51. The lowest BCUT2D eigenvalue weighted by molar-refractivity contribution is 0.570. The summed E-state index contributed by atoms with van der Waals surface area (Å²) < 4.78 is 53.4. The predicted octanol–water partition coefficient (Wildman–Crippen LogP) is 2.22. The van der Waals surface area contributed by atoms with Crippen LogP contribution in [0.1, 0.15) is 5.56 Å². The Kier molecular flexibility index (Phi) is 4.01. The van der Waals surface area contributed by atoms with Crippen LogP contribution in [0.25, 0.3) is 0 Å². The molecule has 0 aliphatic heterocycles. The van der Waals surface area contributed by atoms with E-state index in [0.717, 1.165) is 12.1 Å². The Balaban J connectivity index is 2.44. The van der Waals surface area contributed by atoms with Gasteiger partial charge >= 0.3 is 0 Å². The second kappa shape index (κ2) is 5.56. The average Bonchev–Trinajstić information content (AvgIpc) is 2.39. The predicted molar refractivity (Wildman–Crippen MR) is 71.5 cm³/mol. The number of halogens is 2. The summed E-state index contributed by atoms with van der Waals surface area (Å²) in [6.45, 7) is -0.179. The van der Waals surface area contributed by atoms with Gasteiger partial charge in [0.2, 0.25) is 0 Å². The molecule has 106 valence electrons. The van der Waals surface area contributed by atoms with Gasteiger partial charge in [-0.15, -0.1) is 0 Å². The first-order valence-electron chi connectivity index (χ1n) is 5.70. The zero-order valence-corrected chi connectivity index (χ0v) is 11.1. The van der Waals surface area contributed by atoms with Crippen molar-refractivity contribution in [1.82, 2.24) is 0 Å². The maximum Gasteiger partial charge on any atom is 0.264 e. The molecule has 0 unspecified atom stereocenters. The monoisotopic (exact) mass is 298 g/mol. The number of hydrogen-bond donors (Lipinski definition) is 2. The molecular formula is C13H12F2N2O2S. The van der Waals surface area contributed by atoms with Crippen LogP contribution in [0.4, 0.5) is 14.5 Å². The minimum Gasteiger partial charge on any atom is -0.326 e. The van der Waals surface area contributed by atoms with Gasteiger partial charge in [-0.25, -0.2) is 17.2 Å². The molecule has 0 fully saturated rings. The van der Waals surface area contributed by atoms with Crippen LogP contribution in [-0.4, -0.2) is 8.42 Å². The van der Waals surface area contributed by atoms with E-state index >= 15 is 0 Å². The summed E-state index contributed by atoms with van der Waals surface area (Å²) >= 11 is 0. The first-order valence-corrected chi connectivity index (χ1v) is 7.19. The number of hydrogen-bond acceptors (Lipinski definition) is 3. The van der Waals surface area contributed by atoms with Gasteiger partial charge in [-0.3, -0.25) is 4.72 Å². The van der Waals surface area contributed by atoms with Gasteiger partial charge in [-0.05, 0) is 24.3 Å². The Morgan fingerprint density at radius 2 is 1.65 bits per heavy atom. The van der Waals surface area contributed by atoms with Crippen molar-refractivity contribution < 1.29 is 17.2 Å². The SMILES string of the molecule is NCc1c(F)cccc1NS(=O)(=O)c1ccccc1F. The van der Waals surface area contributed by atoms with Crippen molar-refractivity contribution in [1.29, 1.82) is 0 Å². The standard InChI is InChI=1S/C13H12F2N2O2S/c14-10-5-3-6-12(9(10)8-16)17-20(18,19)13-7-2-1-4-11(13)15/h1-7,17H,8,16H2. The molecule has 2 aromatic rings. The zero-order chi connectivity index (χ0) is 14.8. The number of sulfonamides is 1. The molecule has 0 spiro atoms. The highest BCUT2D eigenvalue weighted by Crippen LogP contribution is 2.23. The molecule has 0 aliphatic rings. The summed E-state index contributed by atoms with van der Waals surface area (Å²) in [5, 5.41) is 0. The van der Waals surface area contributed by atoms with Gasteiger partial charge in [0, 0.05) is 12.1 Å². The number of anilines is 1. The summed E-state index contributed by atoms with van der Waals surface area (Å²) in [6, 6.07) is 8.80. The fourth-order valence-electron chi connectivity index (χ4n) is 1.72.